The number of cyclic esters (lactones) is 1. The third-order valence-electron chi connectivity index (χ3n) is 3.99. The van der Waals surface area contributed by atoms with Crippen LogP contribution >= 0.6 is 0 Å². The lowest BCUT2D eigenvalue weighted by molar-refractivity contribution is -0.149. The van der Waals surface area contributed by atoms with Gasteiger partial charge < -0.3 is 9.47 Å². The molecule has 0 aromatic carbocycles. The SMILES string of the molecule is C=CCOC(=O)N1[C@@H](C(C)(C)C)OC(=O)[C@@]1(CC)C(C)C. The van der Waals surface area contributed by atoms with Crippen LogP contribution in [0.15, 0.2) is 12.7 Å². The maximum absolute atomic E-state index is 12.5. The van der Waals surface area contributed by atoms with Gasteiger partial charge in [-0.2, -0.15) is 0 Å². The molecule has 0 aliphatic carbocycles. The van der Waals surface area contributed by atoms with E-state index in [2.05, 4.69) is 6.58 Å². The number of hydrogen-bond donors (Lipinski definition) is 0. The Morgan fingerprint density at radius 1 is 1.52 bits per heavy atom. The molecule has 21 heavy (non-hydrogen) atoms. The molecule has 0 saturated carbocycles. The molecule has 0 N–H and O–H groups in total. The molecule has 0 aromatic heterocycles. The molecular weight excluding hydrogens is 270 g/mol. The Morgan fingerprint density at radius 2 is 2.10 bits per heavy atom. The number of amides is 1. The first-order valence-electron chi connectivity index (χ1n) is 7.41. The van der Waals surface area contributed by atoms with Gasteiger partial charge >= 0.3 is 12.1 Å². The fourth-order valence-electron chi connectivity index (χ4n) is 2.82. The molecule has 5 nitrogen and oxygen atoms in total. The molecule has 1 amide bonds. The van der Waals surface area contributed by atoms with Crippen molar-refractivity contribution in [2.24, 2.45) is 11.3 Å². The molecule has 0 unspecified atom stereocenters. The minimum absolute atomic E-state index is 0.0707. The van der Waals surface area contributed by atoms with Crippen LogP contribution in [0.1, 0.15) is 48.0 Å². The summed E-state index contributed by atoms with van der Waals surface area (Å²) in [5.41, 5.74) is -1.37. The van der Waals surface area contributed by atoms with Gasteiger partial charge in [-0.25, -0.2) is 9.59 Å². The molecule has 0 spiro atoms. The van der Waals surface area contributed by atoms with Gasteiger partial charge in [-0.05, 0) is 12.3 Å². The molecule has 120 valence electrons. The molecule has 1 aliphatic heterocycles. The Bertz CT molecular complexity index is 424. The Hall–Kier alpha value is -1.52. The second-order valence-corrected chi connectivity index (χ2v) is 6.79. The molecule has 1 heterocycles. The quantitative estimate of drug-likeness (QED) is 0.590. The summed E-state index contributed by atoms with van der Waals surface area (Å²) in [6.45, 7) is 15.2. The van der Waals surface area contributed by atoms with Gasteiger partial charge in [0.15, 0.2) is 6.23 Å². The lowest BCUT2D eigenvalue weighted by Crippen LogP contribution is -2.58. The van der Waals surface area contributed by atoms with E-state index in [0.717, 1.165) is 0 Å². The van der Waals surface area contributed by atoms with E-state index in [1.54, 1.807) is 0 Å². The Morgan fingerprint density at radius 3 is 2.48 bits per heavy atom. The van der Waals surface area contributed by atoms with Crippen molar-refractivity contribution in [1.82, 2.24) is 4.90 Å². The van der Waals surface area contributed by atoms with E-state index >= 15 is 0 Å². The highest BCUT2D eigenvalue weighted by Crippen LogP contribution is 2.43. The largest absolute Gasteiger partial charge is 0.445 e. The van der Waals surface area contributed by atoms with E-state index < -0.39 is 23.3 Å². The molecule has 1 fully saturated rings. The summed E-state index contributed by atoms with van der Waals surface area (Å²) in [7, 11) is 0. The van der Waals surface area contributed by atoms with Crippen molar-refractivity contribution in [1.29, 1.82) is 0 Å². The molecule has 5 heteroatoms. The monoisotopic (exact) mass is 297 g/mol. The van der Waals surface area contributed by atoms with Gasteiger partial charge in [0, 0.05) is 5.41 Å². The van der Waals surface area contributed by atoms with Crippen LogP contribution in [-0.2, 0) is 14.3 Å². The highest BCUT2D eigenvalue weighted by molar-refractivity contribution is 5.89. The molecular formula is C16H27NO4. The molecule has 0 radical (unpaired) electrons. The Balaban J connectivity index is 3.31. The number of carbonyl (C=O) groups is 2. The lowest BCUT2D eigenvalue weighted by Gasteiger charge is -2.40. The number of rotatable bonds is 4. The summed E-state index contributed by atoms with van der Waals surface area (Å²) in [4.78, 5) is 26.5. The summed E-state index contributed by atoms with van der Waals surface area (Å²) in [5, 5.41) is 0. The Kier molecular flexibility index (Phi) is 5.07. The zero-order valence-electron chi connectivity index (χ0n) is 13.9. The van der Waals surface area contributed by atoms with Crippen LogP contribution < -0.4 is 0 Å². The van der Waals surface area contributed by atoms with Crippen molar-refractivity contribution in [3.05, 3.63) is 12.7 Å². The highest BCUT2D eigenvalue weighted by atomic mass is 16.6. The summed E-state index contributed by atoms with van der Waals surface area (Å²) in [6, 6.07) is 0. The van der Waals surface area contributed by atoms with Gasteiger partial charge in [0.05, 0.1) is 0 Å². The number of ether oxygens (including phenoxy) is 2. The van der Waals surface area contributed by atoms with Crippen molar-refractivity contribution in [3.63, 3.8) is 0 Å². The molecule has 1 aliphatic rings. The first-order valence-corrected chi connectivity index (χ1v) is 7.41. The van der Waals surface area contributed by atoms with Crippen molar-refractivity contribution >= 4 is 12.1 Å². The van der Waals surface area contributed by atoms with Crippen LogP contribution in [0.4, 0.5) is 4.79 Å². The predicted molar refractivity (Wildman–Crippen MR) is 80.6 cm³/mol. The number of nitrogens with zero attached hydrogens (tertiary/aromatic N) is 1. The summed E-state index contributed by atoms with van der Waals surface area (Å²) < 4.78 is 10.8. The molecule has 1 rings (SSSR count). The van der Waals surface area contributed by atoms with Gasteiger partial charge in [-0.1, -0.05) is 54.2 Å². The van der Waals surface area contributed by atoms with Crippen molar-refractivity contribution in [2.45, 2.75) is 59.7 Å². The zero-order valence-corrected chi connectivity index (χ0v) is 13.9. The Labute approximate surface area is 127 Å². The first-order chi connectivity index (χ1) is 9.62. The van der Waals surface area contributed by atoms with Crippen molar-refractivity contribution in [2.75, 3.05) is 6.61 Å². The minimum atomic E-state index is -0.976. The van der Waals surface area contributed by atoms with E-state index in [0.29, 0.717) is 6.42 Å². The average molecular weight is 297 g/mol. The second-order valence-electron chi connectivity index (χ2n) is 6.79. The summed E-state index contributed by atoms with van der Waals surface area (Å²) in [5.74, 6) is -0.422. The topological polar surface area (TPSA) is 55.8 Å². The van der Waals surface area contributed by atoms with Gasteiger partial charge in [0.25, 0.3) is 0 Å². The van der Waals surface area contributed by atoms with Gasteiger partial charge in [0.1, 0.15) is 12.1 Å². The standard InChI is InChI=1S/C16H27NO4/c1-8-10-20-14(19)17-12(15(5,6)7)21-13(18)16(17,9-2)11(3)4/h8,11-12H,1,9-10H2,2-7H3/t12-,16-/m1/s1. The van der Waals surface area contributed by atoms with Crippen LogP contribution in [0.5, 0.6) is 0 Å². The minimum Gasteiger partial charge on any atom is -0.445 e. The first kappa shape index (κ1) is 17.5. The molecule has 0 aromatic rings. The second kappa shape index (κ2) is 6.08. The number of hydrogen-bond acceptors (Lipinski definition) is 4. The van der Waals surface area contributed by atoms with E-state index in [9.17, 15) is 9.59 Å². The van der Waals surface area contributed by atoms with Gasteiger partial charge in [0.2, 0.25) is 0 Å². The molecule has 2 atom stereocenters. The van der Waals surface area contributed by atoms with E-state index in [1.807, 2.05) is 41.5 Å². The van der Waals surface area contributed by atoms with Gasteiger partial charge in [-0.15, -0.1) is 0 Å². The average Bonchev–Trinajstić information content (AvgIpc) is 2.69. The fraction of sp³-hybridized carbons (Fsp3) is 0.750. The normalized spacial score (nSPS) is 26.0. The van der Waals surface area contributed by atoms with Gasteiger partial charge in [-0.3, -0.25) is 4.90 Å². The summed E-state index contributed by atoms with van der Waals surface area (Å²) >= 11 is 0. The van der Waals surface area contributed by atoms with Crippen LogP contribution in [0.3, 0.4) is 0 Å². The van der Waals surface area contributed by atoms with Crippen LogP contribution in [0.2, 0.25) is 0 Å². The molecule has 0 bridgehead atoms. The number of carbonyl (C=O) groups excluding carboxylic acids is 2. The smallest absolute Gasteiger partial charge is 0.413 e. The van der Waals surface area contributed by atoms with Crippen LogP contribution in [0, 0.1) is 11.3 Å². The predicted octanol–water partition coefficient (Wildman–Crippen LogP) is 3.34. The summed E-state index contributed by atoms with van der Waals surface area (Å²) in [6.07, 6.45) is 0.825. The van der Waals surface area contributed by atoms with E-state index in [-0.39, 0.29) is 18.5 Å². The van der Waals surface area contributed by atoms with Crippen molar-refractivity contribution in [3.8, 4) is 0 Å². The van der Waals surface area contributed by atoms with Crippen molar-refractivity contribution < 1.29 is 19.1 Å². The fourth-order valence-corrected chi connectivity index (χ4v) is 2.82. The van der Waals surface area contributed by atoms with Crippen LogP contribution in [-0.4, -0.2) is 35.3 Å². The highest BCUT2D eigenvalue weighted by Gasteiger charge is 2.61. The zero-order chi connectivity index (χ0) is 16.4. The third-order valence-corrected chi connectivity index (χ3v) is 3.99. The lowest BCUT2D eigenvalue weighted by atomic mass is 9.81. The van der Waals surface area contributed by atoms with Crippen LogP contribution in [0.25, 0.3) is 0 Å². The maximum Gasteiger partial charge on any atom is 0.413 e. The maximum atomic E-state index is 12.5. The number of esters is 1. The van der Waals surface area contributed by atoms with E-state index in [1.165, 1.54) is 11.0 Å². The molecule has 1 saturated heterocycles. The van der Waals surface area contributed by atoms with E-state index in [4.69, 9.17) is 9.47 Å². The third kappa shape index (κ3) is 2.92.